The number of amides is 1. The molecule has 3 N–H and O–H groups in total. The van der Waals surface area contributed by atoms with Gasteiger partial charge in [0.25, 0.3) is 0 Å². The van der Waals surface area contributed by atoms with Crippen molar-refractivity contribution in [2.75, 3.05) is 24.6 Å². The van der Waals surface area contributed by atoms with Gasteiger partial charge in [0, 0.05) is 38.0 Å². The Kier molecular flexibility index (Phi) is 4.42. The Morgan fingerprint density at radius 1 is 1.45 bits per heavy atom. The second-order valence-electron chi connectivity index (χ2n) is 5.40. The quantitative estimate of drug-likeness (QED) is 0.868. The Bertz CT molecular complexity index is 503. The standard InChI is InChI=1S/C14H23N5O/c1-4-5-11-17-13(15)9(2)14(18-11)16-10-6-7-12(20)19(3)8-10/h10H,4-8H2,1-3H3,(H3,15,16,17,18). The van der Waals surface area contributed by atoms with Gasteiger partial charge < -0.3 is 16.0 Å². The molecule has 0 aromatic carbocycles. The molecule has 110 valence electrons. The molecule has 2 heterocycles. The van der Waals surface area contributed by atoms with E-state index in [1.165, 1.54) is 0 Å². The van der Waals surface area contributed by atoms with Crippen molar-refractivity contribution in [3.8, 4) is 0 Å². The van der Waals surface area contributed by atoms with Gasteiger partial charge >= 0.3 is 0 Å². The summed E-state index contributed by atoms with van der Waals surface area (Å²) >= 11 is 0. The number of nitrogens with zero attached hydrogens (tertiary/aromatic N) is 3. The maximum atomic E-state index is 11.5. The first-order valence-corrected chi connectivity index (χ1v) is 7.14. The molecule has 6 nitrogen and oxygen atoms in total. The van der Waals surface area contributed by atoms with Crippen LogP contribution in [0.2, 0.25) is 0 Å². The number of anilines is 2. The minimum absolute atomic E-state index is 0.202. The van der Waals surface area contributed by atoms with Crippen molar-refractivity contribution in [2.24, 2.45) is 0 Å². The van der Waals surface area contributed by atoms with Crippen LogP contribution in [0, 0.1) is 6.92 Å². The molecule has 0 radical (unpaired) electrons. The zero-order valence-corrected chi connectivity index (χ0v) is 12.4. The number of likely N-dealkylation sites (N-methyl/N-ethyl adjacent to an activating group) is 1. The Morgan fingerprint density at radius 2 is 2.20 bits per heavy atom. The van der Waals surface area contributed by atoms with E-state index in [0.29, 0.717) is 18.8 Å². The van der Waals surface area contributed by atoms with Crippen molar-refractivity contribution in [3.63, 3.8) is 0 Å². The lowest BCUT2D eigenvalue weighted by molar-refractivity contribution is -0.132. The molecule has 1 atom stereocenters. The van der Waals surface area contributed by atoms with Gasteiger partial charge in [-0.05, 0) is 19.8 Å². The van der Waals surface area contributed by atoms with Gasteiger partial charge in [0.1, 0.15) is 17.5 Å². The highest BCUT2D eigenvalue weighted by Gasteiger charge is 2.23. The van der Waals surface area contributed by atoms with Gasteiger partial charge in [0.15, 0.2) is 0 Å². The van der Waals surface area contributed by atoms with Gasteiger partial charge in [-0.2, -0.15) is 0 Å². The van der Waals surface area contributed by atoms with Crippen LogP contribution in [0.3, 0.4) is 0 Å². The van der Waals surface area contributed by atoms with E-state index in [1.807, 2.05) is 14.0 Å². The van der Waals surface area contributed by atoms with Crippen LogP contribution < -0.4 is 11.1 Å². The van der Waals surface area contributed by atoms with E-state index in [0.717, 1.165) is 36.5 Å². The number of carbonyl (C=O) groups excluding carboxylic acids is 1. The maximum Gasteiger partial charge on any atom is 0.222 e. The number of hydrogen-bond donors (Lipinski definition) is 2. The molecular formula is C14H23N5O. The predicted molar refractivity (Wildman–Crippen MR) is 79.5 cm³/mol. The smallest absolute Gasteiger partial charge is 0.222 e. The van der Waals surface area contributed by atoms with Crippen molar-refractivity contribution < 1.29 is 4.79 Å². The summed E-state index contributed by atoms with van der Waals surface area (Å²) in [6, 6.07) is 0.222. The second-order valence-corrected chi connectivity index (χ2v) is 5.40. The topological polar surface area (TPSA) is 84.1 Å². The fourth-order valence-corrected chi connectivity index (χ4v) is 2.38. The molecule has 0 saturated carbocycles. The Hall–Kier alpha value is -1.85. The fourth-order valence-electron chi connectivity index (χ4n) is 2.38. The number of rotatable bonds is 4. The van der Waals surface area contributed by atoms with E-state index in [9.17, 15) is 4.79 Å². The Labute approximate surface area is 119 Å². The van der Waals surface area contributed by atoms with Crippen LogP contribution in [0.4, 0.5) is 11.6 Å². The van der Waals surface area contributed by atoms with Crippen molar-refractivity contribution in [1.29, 1.82) is 0 Å². The monoisotopic (exact) mass is 277 g/mol. The number of nitrogens with two attached hydrogens (primary N) is 1. The van der Waals surface area contributed by atoms with Gasteiger partial charge in [0.05, 0.1) is 0 Å². The van der Waals surface area contributed by atoms with Gasteiger partial charge in [-0.15, -0.1) is 0 Å². The van der Waals surface area contributed by atoms with E-state index in [-0.39, 0.29) is 11.9 Å². The maximum absolute atomic E-state index is 11.5. The zero-order chi connectivity index (χ0) is 14.7. The summed E-state index contributed by atoms with van der Waals surface area (Å²) in [6.07, 6.45) is 3.22. The molecule has 1 saturated heterocycles. The molecule has 1 amide bonds. The highest BCUT2D eigenvalue weighted by molar-refractivity contribution is 5.77. The second kappa shape index (κ2) is 6.07. The third-order valence-electron chi connectivity index (χ3n) is 3.67. The first-order valence-electron chi connectivity index (χ1n) is 7.14. The Morgan fingerprint density at radius 3 is 2.85 bits per heavy atom. The van der Waals surface area contributed by atoms with Crippen molar-refractivity contribution >= 4 is 17.5 Å². The van der Waals surface area contributed by atoms with E-state index in [2.05, 4.69) is 22.2 Å². The van der Waals surface area contributed by atoms with Crippen LogP contribution in [0.25, 0.3) is 0 Å². The Balaban J connectivity index is 2.14. The molecule has 1 fully saturated rings. The number of likely N-dealkylation sites (tertiary alicyclic amines) is 1. The summed E-state index contributed by atoms with van der Waals surface area (Å²) in [5.74, 6) is 2.31. The van der Waals surface area contributed by atoms with Crippen LogP contribution in [0.5, 0.6) is 0 Å². The molecule has 6 heteroatoms. The summed E-state index contributed by atoms with van der Waals surface area (Å²) in [7, 11) is 1.83. The molecule has 1 aromatic rings. The molecule has 0 aliphatic carbocycles. The number of aryl methyl sites for hydroxylation is 1. The first-order chi connectivity index (χ1) is 9.51. The van der Waals surface area contributed by atoms with Gasteiger partial charge in [-0.3, -0.25) is 4.79 Å². The minimum atomic E-state index is 0.202. The van der Waals surface area contributed by atoms with Crippen molar-refractivity contribution in [1.82, 2.24) is 14.9 Å². The largest absolute Gasteiger partial charge is 0.383 e. The number of aromatic nitrogens is 2. The zero-order valence-electron chi connectivity index (χ0n) is 12.4. The third-order valence-corrected chi connectivity index (χ3v) is 3.67. The van der Waals surface area contributed by atoms with Gasteiger partial charge in [-0.1, -0.05) is 6.92 Å². The van der Waals surface area contributed by atoms with Crippen LogP contribution in [-0.4, -0.2) is 40.4 Å². The number of hydrogen-bond acceptors (Lipinski definition) is 5. The van der Waals surface area contributed by atoms with Crippen molar-refractivity contribution in [2.45, 2.75) is 45.6 Å². The first kappa shape index (κ1) is 14.6. The molecule has 2 rings (SSSR count). The summed E-state index contributed by atoms with van der Waals surface area (Å²) in [6.45, 7) is 4.71. The number of nitrogens with one attached hydrogen (secondary N) is 1. The molecule has 0 spiro atoms. The van der Waals surface area contributed by atoms with Gasteiger partial charge in [0.2, 0.25) is 5.91 Å². The average molecular weight is 277 g/mol. The number of nitrogen functional groups attached to an aromatic ring is 1. The molecule has 0 bridgehead atoms. The normalized spacial score (nSPS) is 19.2. The minimum Gasteiger partial charge on any atom is -0.383 e. The van der Waals surface area contributed by atoms with E-state index in [1.54, 1.807) is 4.90 Å². The van der Waals surface area contributed by atoms with Gasteiger partial charge in [-0.25, -0.2) is 9.97 Å². The third kappa shape index (κ3) is 3.18. The predicted octanol–water partition coefficient (Wildman–Crippen LogP) is 1.35. The summed E-state index contributed by atoms with van der Waals surface area (Å²) in [5, 5.41) is 3.41. The summed E-state index contributed by atoms with van der Waals surface area (Å²) in [4.78, 5) is 22.1. The SMILES string of the molecule is CCCc1nc(N)c(C)c(NC2CCC(=O)N(C)C2)n1. The van der Waals surface area contributed by atoms with E-state index in [4.69, 9.17) is 5.73 Å². The van der Waals surface area contributed by atoms with E-state index >= 15 is 0 Å². The lowest BCUT2D eigenvalue weighted by atomic mass is 10.1. The summed E-state index contributed by atoms with van der Waals surface area (Å²) in [5.41, 5.74) is 6.83. The highest BCUT2D eigenvalue weighted by atomic mass is 16.2. The molecule has 1 aliphatic heterocycles. The summed E-state index contributed by atoms with van der Waals surface area (Å²) < 4.78 is 0. The highest BCUT2D eigenvalue weighted by Crippen LogP contribution is 2.21. The number of piperidine rings is 1. The van der Waals surface area contributed by atoms with Crippen LogP contribution >= 0.6 is 0 Å². The van der Waals surface area contributed by atoms with Crippen LogP contribution in [-0.2, 0) is 11.2 Å². The molecule has 1 aromatic heterocycles. The fraction of sp³-hybridized carbons (Fsp3) is 0.643. The van der Waals surface area contributed by atoms with E-state index < -0.39 is 0 Å². The van der Waals surface area contributed by atoms with Crippen LogP contribution in [0.1, 0.15) is 37.6 Å². The lowest BCUT2D eigenvalue weighted by Crippen LogP contribution is -2.43. The van der Waals surface area contributed by atoms with Crippen molar-refractivity contribution in [3.05, 3.63) is 11.4 Å². The number of carbonyl (C=O) groups is 1. The molecule has 20 heavy (non-hydrogen) atoms. The van der Waals surface area contributed by atoms with Crippen LogP contribution in [0.15, 0.2) is 0 Å². The lowest BCUT2D eigenvalue weighted by Gasteiger charge is -2.31. The molecule has 1 aliphatic rings. The molecule has 1 unspecified atom stereocenters. The molecular weight excluding hydrogens is 254 g/mol. The average Bonchev–Trinajstić information content (AvgIpc) is 2.40.